The zero-order valence-electron chi connectivity index (χ0n) is 12.3. The number of anilines is 1. The molecule has 114 valence electrons. The van der Waals surface area contributed by atoms with Gasteiger partial charge in [-0.25, -0.2) is 0 Å². The van der Waals surface area contributed by atoms with E-state index in [-0.39, 0.29) is 12.0 Å². The first-order valence-corrected chi connectivity index (χ1v) is 6.40. The van der Waals surface area contributed by atoms with E-state index in [9.17, 15) is 4.79 Å². The number of benzene rings is 1. The molecule has 0 atom stereocenters. The number of hydrogen-bond acceptors (Lipinski definition) is 6. The third-order valence-corrected chi connectivity index (χ3v) is 2.63. The van der Waals surface area contributed by atoms with Gasteiger partial charge in [-0.3, -0.25) is 4.79 Å². The van der Waals surface area contributed by atoms with Crippen LogP contribution in [-0.2, 0) is 4.79 Å². The molecule has 0 saturated carbocycles. The Morgan fingerprint density at radius 3 is 2.59 bits per heavy atom. The third kappa shape index (κ3) is 4.73. The molecular formula is C15H16N4O3. The van der Waals surface area contributed by atoms with E-state index in [0.717, 1.165) is 0 Å². The van der Waals surface area contributed by atoms with Crippen LogP contribution in [0.15, 0.2) is 30.0 Å². The SMILES string of the molecule is COc1ccc(NC(=O)/C(C#N)=C\NCCC#N)cc1OC. The predicted octanol–water partition coefficient (Wildman–Crippen LogP) is 1.55. The highest BCUT2D eigenvalue weighted by molar-refractivity contribution is 6.06. The summed E-state index contributed by atoms with van der Waals surface area (Å²) in [6, 6.07) is 8.63. The van der Waals surface area contributed by atoms with Gasteiger partial charge in [-0.15, -0.1) is 0 Å². The van der Waals surface area contributed by atoms with Crippen molar-refractivity contribution in [2.45, 2.75) is 6.42 Å². The summed E-state index contributed by atoms with van der Waals surface area (Å²) in [6.07, 6.45) is 1.57. The number of amides is 1. The van der Waals surface area contributed by atoms with Crippen molar-refractivity contribution in [1.29, 1.82) is 10.5 Å². The van der Waals surface area contributed by atoms with Crippen molar-refractivity contribution in [3.8, 4) is 23.6 Å². The summed E-state index contributed by atoms with van der Waals surface area (Å²) in [5.74, 6) is 0.448. The number of hydrogen-bond donors (Lipinski definition) is 2. The smallest absolute Gasteiger partial charge is 0.267 e. The lowest BCUT2D eigenvalue weighted by molar-refractivity contribution is -0.112. The van der Waals surface area contributed by atoms with Gasteiger partial charge in [0.15, 0.2) is 11.5 Å². The van der Waals surface area contributed by atoms with Gasteiger partial charge in [0.25, 0.3) is 5.91 Å². The number of carbonyl (C=O) groups excluding carboxylic acids is 1. The summed E-state index contributed by atoms with van der Waals surface area (Å²) >= 11 is 0. The van der Waals surface area contributed by atoms with Crippen LogP contribution in [0.4, 0.5) is 5.69 Å². The van der Waals surface area contributed by atoms with E-state index in [1.54, 1.807) is 24.3 Å². The first kappa shape index (κ1) is 16.9. The average Bonchev–Trinajstić information content (AvgIpc) is 2.54. The molecule has 0 heterocycles. The number of nitrogens with one attached hydrogen (secondary N) is 2. The third-order valence-electron chi connectivity index (χ3n) is 2.63. The maximum atomic E-state index is 12.0. The van der Waals surface area contributed by atoms with Crippen LogP contribution in [-0.4, -0.2) is 26.7 Å². The van der Waals surface area contributed by atoms with Crippen molar-refractivity contribution < 1.29 is 14.3 Å². The molecule has 0 spiro atoms. The first-order chi connectivity index (χ1) is 10.7. The number of nitriles is 2. The van der Waals surface area contributed by atoms with Crippen LogP contribution in [0.1, 0.15) is 6.42 Å². The predicted molar refractivity (Wildman–Crippen MR) is 80.1 cm³/mol. The maximum Gasteiger partial charge on any atom is 0.267 e. The Labute approximate surface area is 128 Å². The summed E-state index contributed by atoms with van der Waals surface area (Å²) < 4.78 is 10.2. The number of rotatable bonds is 7. The van der Waals surface area contributed by atoms with Crippen molar-refractivity contribution in [3.05, 3.63) is 30.0 Å². The maximum absolute atomic E-state index is 12.0. The van der Waals surface area contributed by atoms with Crippen LogP contribution in [0.3, 0.4) is 0 Å². The molecule has 0 fully saturated rings. The minimum atomic E-state index is -0.556. The van der Waals surface area contributed by atoms with Crippen molar-refractivity contribution in [3.63, 3.8) is 0 Å². The van der Waals surface area contributed by atoms with E-state index in [2.05, 4.69) is 10.6 Å². The summed E-state index contributed by atoms with van der Waals surface area (Å²) in [4.78, 5) is 12.0. The Morgan fingerprint density at radius 2 is 2.00 bits per heavy atom. The zero-order chi connectivity index (χ0) is 16.4. The molecule has 0 radical (unpaired) electrons. The lowest BCUT2D eigenvalue weighted by Gasteiger charge is -2.10. The molecule has 1 aromatic rings. The molecule has 7 nitrogen and oxygen atoms in total. The fourth-order valence-corrected chi connectivity index (χ4v) is 1.56. The molecule has 1 aromatic carbocycles. The molecule has 0 unspecified atom stereocenters. The highest BCUT2D eigenvalue weighted by Gasteiger charge is 2.11. The van der Waals surface area contributed by atoms with Crippen LogP contribution in [0.5, 0.6) is 11.5 Å². The molecule has 0 aliphatic rings. The topological polar surface area (TPSA) is 107 Å². The molecule has 7 heteroatoms. The molecule has 0 aliphatic heterocycles. The Balaban J connectivity index is 2.78. The molecule has 22 heavy (non-hydrogen) atoms. The second-order valence-electron chi connectivity index (χ2n) is 4.06. The molecule has 0 aliphatic carbocycles. The monoisotopic (exact) mass is 300 g/mol. The highest BCUT2D eigenvalue weighted by Crippen LogP contribution is 2.29. The summed E-state index contributed by atoms with van der Waals surface area (Å²) in [5, 5.41) is 22.7. The zero-order valence-corrected chi connectivity index (χ0v) is 12.3. The lowest BCUT2D eigenvalue weighted by atomic mass is 10.2. The van der Waals surface area contributed by atoms with E-state index >= 15 is 0 Å². The van der Waals surface area contributed by atoms with Gasteiger partial charge in [0.2, 0.25) is 0 Å². The molecule has 1 amide bonds. The number of nitrogens with zero attached hydrogens (tertiary/aromatic N) is 2. The standard InChI is InChI=1S/C15H16N4O3/c1-21-13-5-4-12(8-14(13)22-2)19-15(20)11(9-17)10-18-7-3-6-16/h4-5,8,10,18H,3,7H2,1-2H3,(H,19,20)/b11-10-. The lowest BCUT2D eigenvalue weighted by Crippen LogP contribution is -2.17. The van der Waals surface area contributed by atoms with Crippen molar-refractivity contribution in [1.82, 2.24) is 5.32 Å². The summed E-state index contributed by atoms with van der Waals surface area (Å²) in [7, 11) is 3.00. The van der Waals surface area contributed by atoms with Crippen molar-refractivity contribution in [2.75, 3.05) is 26.1 Å². The minimum absolute atomic E-state index is 0.0901. The van der Waals surface area contributed by atoms with Crippen LogP contribution in [0.2, 0.25) is 0 Å². The Kier molecular flexibility index (Phi) is 6.80. The van der Waals surface area contributed by atoms with Gasteiger partial charge in [-0.1, -0.05) is 0 Å². The number of ether oxygens (including phenoxy) is 2. The van der Waals surface area contributed by atoms with Crippen LogP contribution >= 0.6 is 0 Å². The minimum Gasteiger partial charge on any atom is -0.493 e. The van der Waals surface area contributed by atoms with Gasteiger partial charge >= 0.3 is 0 Å². The van der Waals surface area contributed by atoms with E-state index in [1.807, 2.05) is 6.07 Å². The van der Waals surface area contributed by atoms with Gasteiger partial charge in [0.1, 0.15) is 11.6 Å². The fraction of sp³-hybridized carbons (Fsp3) is 0.267. The largest absolute Gasteiger partial charge is 0.493 e. The van der Waals surface area contributed by atoms with E-state index in [1.165, 1.54) is 20.4 Å². The van der Waals surface area contributed by atoms with Crippen LogP contribution in [0, 0.1) is 22.7 Å². The quantitative estimate of drug-likeness (QED) is 0.449. The Hall–Kier alpha value is -3.19. The summed E-state index contributed by atoms with van der Waals surface area (Å²) in [6.45, 7) is 0.366. The second-order valence-corrected chi connectivity index (χ2v) is 4.06. The van der Waals surface area contributed by atoms with Crippen molar-refractivity contribution in [2.24, 2.45) is 0 Å². The number of methoxy groups -OCH3 is 2. The molecule has 0 saturated heterocycles. The fourth-order valence-electron chi connectivity index (χ4n) is 1.56. The van der Waals surface area contributed by atoms with Crippen LogP contribution in [0.25, 0.3) is 0 Å². The van der Waals surface area contributed by atoms with Gasteiger partial charge in [0.05, 0.1) is 26.7 Å². The average molecular weight is 300 g/mol. The summed E-state index contributed by atoms with van der Waals surface area (Å²) in [5.41, 5.74) is 0.383. The van der Waals surface area contributed by atoms with Gasteiger partial charge in [0, 0.05) is 24.5 Å². The van der Waals surface area contributed by atoms with Crippen molar-refractivity contribution >= 4 is 11.6 Å². The highest BCUT2D eigenvalue weighted by atomic mass is 16.5. The molecule has 0 aromatic heterocycles. The van der Waals surface area contributed by atoms with Gasteiger partial charge in [-0.05, 0) is 12.1 Å². The molecular weight excluding hydrogens is 284 g/mol. The van der Waals surface area contributed by atoms with Gasteiger partial charge in [-0.2, -0.15) is 10.5 Å². The Morgan fingerprint density at radius 1 is 1.27 bits per heavy atom. The second kappa shape index (κ2) is 8.88. The van der Waals surface area contributed by atoms with Gasteiger partial charge < -0.3 is 20.1 Å². The number of carbonyl (C=O) groups is 1. The molecule has 1 rings (SSSR count). The molecule has 0 bridgehead atoms. The van der Waals surface area contributed by atoms with E-state index in [4.69, 9.17) is 20.0 Å². The normalized spacial score (nSPS) is 10.1. The first-order valence-electron chi connectivity index (χ1n) is 6.40. The van der Waals surface area contributed by atoms with Crippen LogP contribution < -0.4 is 20.1 Å². The van der Waals surface area contributed by atoms with E-state index in [0.29, 0.717) is 23.7 Å². The molecule has 2 N–H and O–H groups in total. The Bertz CT molecular complexity index is 641. The van der Waals surface area contributed by atoms with E-state index < -0.39 is 5.91 Å².